The van der Waals surface area contributed by atoms with Gasteiger partial charge in [-0.1, -0.05) is 18.9 Å². The first-order chi connectivity index (χ1) is 8.20. The van der Waals surface area contributed by atoms with Gasteiger partial charge in [0.25, 0.3) is 5.91 Å². The SMILES string of the molecule is O=C(NO)c1ccc2c(c1)CCN(S)CCC2. The van der Waals surface area contributed by atoms with Gasteiger partial charge in [0.2, 0.25) is 0 Å². The minimum atomic E-state index is -0.461. The second-order valence-corrected chi connectivity index (χ2v) is 4.80. The molecule has 0 fully saturated rings. The average molecular weight is 252 g/mol. The largest absolute Gasteiger partial charge is 0.288 e. The molecule has 17 heavy (non-hydrogen) atoms. The lowest BCUT2D eigenvalue weighted by atomic mass is 9.96. The Morgan fingerprint density at radius 1 is 1.29 bits per heavy atom. The first-order valence-corrected chi connectivity index (χ1v) is 6.11. The summed E-state index contributed by atoms with van der Waals surface area (Å²) in [6, 6.07) is 5.59. The molecule has 1 aromatic rings. The molecule has 4 nitrogen and oxygen atoms in total. The molecule has 5 heteroatoms. The Balaban J connectivity index is 2.26. The normalized spacial score (nSPS) is 16.8. The highest BCUT2D eigenvalue weighted by Gasteiger charge is 2.12. The van der Waals surface area contributed by atoms with E-state index in [4.69, 9.17) is 5.21 Å². The van der Waals surface area contributed by atoms with Crippen molar-refractivity contribution in [2.45, 2.75) is 19.3 Å². The van der Waals surface area contributed by atoms with Crippen molar-refractivity contribution in [1.82, 2.24) is 9.79 Å². The molecule has 1 heterocycles. The lowest BCUT2D eigenvalue weighted by molar-refractivity contribution is 0.0706. The highest BCUT2D eigenvalue weighted by atomic mass is 32.1. The molecule has 0 aliphatic carbocycles. The molecular formula is C12H16N2O2S. The number of rotatable bonds is 1. The molecule has 0 saturated heterocycles. The van der Waals surface area contributed by atoms with Crippen LogP contribution in [-0.4, -0.2) is 28.5 Å². The minimum absolute atomic E-state index is 0.461. The van der Waals surface area contributed by atoms with E-state index in [0.29, 0.717) is 5.56 Å². The lowest BCUT2D eigenvalue weighted by Gasteiger charge is -2.20. The number of benzene rings is 1. The van der Waals surface area contributed by atoms with Gasteiger partial charge in [-0.3, -0.25) is 14.3 Å². The second-order valence-electron chi connectivity index (χ2n) is 4.23. The summed E-state index contributed by atoms with van der Waals surface area (Å²) in [7, 11) is 0. The van der Waals surface area contributed by atoms with E-state index in [1.807, 2.05) is 16.4 Å². The first kappa shape index (κ1) is 12.4. The number of thiol groups is 1. The molecule has 0 saturated carbocycles. The van der Waals surface area contributed by atoms with Gasteiger partial charge < -0.3 is 0 Å². The summed E-state index contributed by atoms with van der Waals surface area (Å²) in [5, 5.41) is 8.61. The Hall–Kier alpha value is -1.04. The van der Waals surface area contributed by atoms with Gasteiger partial charge in [-0.25, -0.2) is 5.48 Å². The topological polar surface area (TPSA) is 52.6 Å². The summed E-state index contributed by atoms with van der Waals surface area (Å²) in [6.07, 6.45) is 2.96. The molecule has 1 aromatic carbocycles. The van der Waals surface area contributed by atoms with Gasteiger partial charge in [0.1, 0.15) is 0 Å². The van der Waals surface area contributed by atoms with Gasteiger partial charge in [-0.05, 0) is 42.5 Å². The molecule has 2 rings (SSSR count). The van der Waals surface area contributed by atoms with Crippen molar-refractivity contribution < 1.29 is 10.0 Å². The molecule has 0 radical (unpaired) electrons. The fourth-order valence-corrected chi connectivity index (χ4v) is 2.36. The summed E-state index contributed by atoms with van der Waals surface area (Å²) in [5.74, 6) is -0.461. The van der Waals surface area contributed by atoms with Crippen molar-refractivity contribution >= 4 is 18.7 Å². The van der Waals surface area contributed by atoms with Crippen LogP contribution in [0.3, 0.4) is 0 Å². The Morgan fingerprint density at radius 2 is 2.12 bits per heavy atom. The van der Waals surface area contributed by atoms with Crippen LogP contribution in [0, 0.1) is 0 Å². The first-order valence-electron chi connectivity index (χ1n) is 5.71. The predicted molar refractivity (Wildman–Crippen MR) is 68.3 cm³/mol. The zero-order chi connectivity index (χ0) is 12.3. The highest BCUT2D eigenvalue weighted by molar-refractivity contribution is 7.77. The van der Waals surface area contributed by atoms with Crippen molar-refractivity contribution in [2.24, 2.45) is 0 Å². The number of aryl methyl sites for hydroxylation is 1. The second kappa shape index (κ2) is 5.53. The fourth-order valence-electron chi connectivity index (χ4n) is 2.12. The predicted octanol–water partition coefficient (Wildman–Crippen LogP) is 1.44. The Morgan fingerprint density at radius 3 is 2.88 bits per heavy atom. The number of hydroxylamine groups is 1. The van der Waals surface area contributed by atoms with Crippen LogP contribution in [0.4, 0.5) is 0 Å². The molecule has 0 aromatic heterocycles. The lowest BCUT2D eigenvalue weighted by Crippen LogP contribution is -2.22. The molecule has 1 aliphatic heterocycles. The van der Waals surface area contributed by atoms with Crippen LogP contribution in [0.15, 0.2) is 18.2 Å². The number of amides is 1. The van der Waals surface area contributed by atoms with E-state index in [0.717, 1.165) is 32.4 Å². The van der Waals surface area contributed by atoms with Gasteiger partial charge in [-0.15, -0.1) is 0 Å². The third kappa shape index (κ3) is 3.00. The molecule has 92 valence electrons. The van der Waals surface area contributed by atoms with Crippen LogP contribution in [0.2, 0.25) is 0 Å². The van der Waals surface area contributed by atoms with Gasteiger partial charge in [-0.2, -0.15) is 0 Å². The quantitative estimate of drug-likeness (QED) is 0.403. The molecular weight excluding hydrogens is 236 g/mol. The summed E-state index contributed by atoms with van der Waals surface area (Å²) >= 11 is 4.37. The van der Waals surface area contributed by atoms with Crippen LogP contribution < -0.4 is 5.48 Å². The number of fused-ring (bicyclic) bond motifs is 1. The zero-order valence-electron chi connectivity index (χ0n) is 9.52. The number of hydrogen-bond acceptors (Lipinski definition) is 4. The maximum atomic E-state index is 11.3. The maximum absolute atomic E-state index is 11.3. The smallest absolute Gasteiger partial charge is 0.274 e. The van der Waals surface area contributed by atoms with Crippen LogP contribution in [0.5, 0.6) is 0 Å². The minimum Gasteiger partial charge on any atom is -0.288 e. The molecule has 1 aliphatic rings. The van der Waals surface area contributed by atoms with E-state index in [1.165, 1.54) is 11.1 Å². The monoisotopic (exact) mass is 252 g/mol. The van der Waals surface area contributed by atoms with Crippen LogP contribution in [0.1, 0.15) is 27.9 Å². The fraction of sp³-hybridized carbons (Fsp3) is 0.417. The molecule has 2 N–H and O–H groups in total. The van der Waals surface area contributed by atoms with Crippen LogP contribution in [-0.2, 0) is 12.8 Å². The van der Waals surface area contributed by atoms with Gasteiger partial charge in [0.15, 0.2) is 0 Å². The molecule has 0 bridgehead atoms. The zero-order valence-corrected chi connectivity index (χ0v) is 10.4. The Bertz CT molecular complexity index is 423. The van der Waals surface area contributed by atoms with E-state index in [1.54, 1.807) is 11.5 Å². The number of carbonyl (C=O) groups is 1. The Labute approximate surface area is 106 Å². The summed E-state index contributed by atoms with van der Waals surface area (Å²) < 4.78 is 2.00. The highest BCUT2D eigenvalue weighted by Crippen LogP contribution is 2.18. The van der Waals surface area contributed by atoms with E-state index in [9.17, 15) is 4.79 Å². The van der Waals surface area contributed by atoms with E-state index in [-0.39, 0.29) is 0 Å². The third-order valence-electron chi connectivity index (χ3n) is 3.07. The van der Waals surface area contributed by atoms with E-state index in [2.05, 4.69) is 12.8 Å². The Kier molecular flexibility index (Phi) is 4.04. The maximum Gasteiger partial charge on any atom is 0.274 e. The number of hydrogen-bond donors (Lipinski definition) is 3. The number of nitrogens with one attached hydrogen (secondary N) is 1. The van der Waals surface area contributed by atoms with Gasteiger partial charge >= 0.3 is 0 Å². The summed E-state index contributed by atoms with van der Waals surface area (Å²) in [5.41, 5.74) is 4.62. The van der Waals surface area contributed by atoms with Gasteiger partial charge in [0.05, 0.1) is 0 Å². The van der Waals surface area contributed by atoms with Crippen molar-refractivity contribution in [1.29, 1.82) is 0 Å². The average Bonchev–Trinajstić information content (AvgIpc) is 2.33. The standard InChI is InChI=1S/C12H16N2O2S/c15-12(13-16)11-4-3-9-2-1-6-14(17)7-5-10(9)8-11/h3-4,8,16-17H,1-2,5-7H2,(H,13,15). The molecule has 1 amide bonds. The number of carbonyl (C=O) groups excluding carboxylic acids is 1. The van der Waals surface area contributed by atoms with Gasteiger partial charge in [0, 0.05) is 18.7 Å². The molecule has 0 atom stereocenters. The summed E-state index contributed by atoms with van der Waals surface area (Å²) in [4.78, 5) is 11.3. The van der Waals surface area contributed by atoms with E-state index >= 15 is 0 Å². The number of nitrogens with zero attached hydrogens (tertiary/aromatic N) is 1. The van der Waals surface area contributed by atoms with Crippen LogP contribution >= 0.6 is 12.8 Å². The van der Waals surface area contributed by atoms with Crippen molar-refractivity contribution in [2.75, 3.05) is 13.1 Å². The molecule has 0 unspecified atom stereocenters. The van der Waals surface area contributed by atoms with E-state index < -0.39 is 5.91 Å². The van der Waals surface area contributed by atoms with Crippen molar-refractivity contribution in [3.05, 3.63) is 34.9 Å². The molecule has 0 spiro atoms. The summed E-state index contributed by atoms with van der Waals surface area (Å²) in [6.45, 7) is 1.86. The van der Waals surface area contributed by atoms with Crippen LogP contribution in [0.25, 0.3) is 0 Å². The third-order valence-corrected chi connectivity index (χ3v) is 3.47. The van der Waals surface area contributed by atoms with Crippen molar-refractivity contribution in [3.63, 3.8) is 0 Å². The van der Waals surface area contributed by atoms with Crippen molar-refractivity contribution in [3.8, 4) is 0 Å².